The normalized spacial score (nSPS) is 11.3. The Morgan fingerprint density at radius 2 is 2.23 bits per heavy atom. The molecule has 3 heteroatoms. The van der Waals surface area contributed by atoms with Crippen molar-refractivity contribution in [2.24, 2.45) is 0 Å². The number of aromatic nitrogens is 2. The van der Waals surface area contributed by atoms with Crippen LogP contribution in [-0.2, 0) is 0 Å². The molecule has 0 amide bonds. The molecule has 0 fully saturated rings. The molecule has 0 saturated carbocycles. The number of nitrogens with two attached hydrogens (primary N) is 1. The van der Waals surface area contributed by atoms with Crippen LogP contribution in [-0.4, -0.2) is 9.97 Å². The molecule has 0 radical (unpaired) electrons. The summed E-state index contributed by atoms with van der Waals surface area (Å²) in [7, 11) is 0. The number of hydrogen-bond donors (Lipinski definition) is 2. The number of H-pyrrole nitrogens is 1. The molecule has 0 aliphatic rings. The number of nitrogens with one attached hydrogen (secondary N) is 1. The molecule has 13 heavy (non-hydrogen) atoms. The zero-order valence-corrected chi connectivity index (χ0v) is 7.83. The molecule has 2 aromatic rings. The molecule has 0 spiro atoms. The molecule has 2 rings (SSSR count). The highest BCUT2D eigenvalue weighted by Gasteiger charge is 2.09. The Labute approximate surface area is 77.0 Å². The first-order valence-electron chi connectivity index (χ1n) is 4.41. The maximum absolute atomic E-state index is 5.88. The molecule has 0 saturated heterocycles. The first kappa shape index (κ1) is 8.10. The molecule has 0 aliphatic carbocycles. The summed E-state index contributed by atoms with van der Waals surface area (Å²) >= 11 is 0. The van der Waals surface area contributed by atoms with Crippen molar-refractivity contribution >= 4 is 16.7 Å². The Hall–Kier alpha value is -1.51. The monoisotopic (exact) mass is 175 g/mol. The molecule has 3 nitrogen and oxygen atoms in total. The van der Waals surface area contributed by atoms with E-state index in [0.29, 0.717) is 5.92 Å². The van der Waals surface area contributed by atoms with Gasteiger partial charge < -0.3 is 10.7 Å². The summed E-state index contributed by atoms with van der Waals surface area (Å²) in [5.41, 5.74) is 8.80. The molecular weight excluding hydrogens is 162 g/mol. The van der Waals surface area contributed by atoms with Crippen molar-refractivity contribution in [3.8, 4) is 0 Å². The Morgan fingerprint density at radius 1 is 1.46 bits per heavy atom. The van der Waals surface area contributed by atoms with E-state index >= 15 is 0 Å². The number of pyridine rings is 1. The molecular formula is C10H13N3. The van der Waals surface area contributed by atoms with Crippen molar-refractivity contribution in [1.82, 2.24) is 9.97 Å². The van der Waals surface area contributed by atoms with E-state index in [1.54, 1.807) is 6.20 Å². The van der Waals surface area contributed by atoms with Crippen molar-refractivity contribution in [2.45, 2.75) is 19.8 Å². The van der Waals surface area contributed by atoms with E-state index in [4.69, 9.17) is 5.73 Å². The van der Waals surface area contributed by atoms with Gasteiger partial charge in [-0.25, -0.2) is 4.98 Å². The quantitative estimate of drug-likeness (QED) is 0.698. The fraction of sp³-hybridized carbons (Fsp3) is 0.300. The molecule has 0 aromatic carbocycles. The average Bonchev–Trinajstić information content (AvgIpc) is 2.49. The largest absolute Gasteiger partial charge is 0.398 e. The summed E-state index contributed by atoms with van der Waals surface area (Å²) in [4.78, 5) is 7.33. The van der Waals surface area contributed by atoms with Crippen LogP contribution in [0.2, 0.25) is 0 Å². The number of anilines is 1. The van der Waals surface area contributed by atoms with E-state index in [2.05, 4.69) is 23.8 Å². The molecule has 0 unspecified atom stereocenters. The van der Waals surface area contributed by atoms with Crippen LogP contribution in [0.25, 0.3) is 11.0 Å². The minimum atomic E-state index is 0.472. The van der Waals surface area contributed by atoms with E-state index in [0.717, 1.165) is 16.7 Å². The van der Waals surface area contributed by atoms with Gasteiger partial charge >= 0.3 is 0 Å². The minimum absolute atomic E-state index is 0.472. The number of nitrogens with zero attached hydrogens (tertiary/aromatic N) is 1. The van der Waals surface area contributed by atoms with E-state index in [1.165, 1.54) is 5.56 Å². The zero-order chi connectivity index (χ0) is 9.42. The van der Waals surface area contributed by atoms with Crippen molar-refractivity contribution in [3.05, 3.63) is 24.0 Å². The summed E-state index contributed by atoms with van der Waals surface area (Å²) in [5.74, 6) is 0.472. The highest BCUT2D eigenvalue weighted by molar-refractivity contribution is 5.91. The van der Waals surface area contributed by atoms with E-state index in [1.807, 2.05) is 12.3 Å². The predicted molar refractivity (Wildman–Crippen MR) is 54.6 cm³/mol. The van der Waals surface area contributed by atoms with Crippen LogP contribution in [0, 0.1) is 0 Å². The minimum Gasteiger partial charge on any atom is -0.398 e. The van der Waals surface area contributed by atoms with Gasteiger partial charge in [0.2, 0.25) is 0 Å². The Kier molecular flexibility index (Phi) is 1.72. The number of aromatic amines is 1. The van der Waals surface area contributed by atoms with Gasteiger partial charge in [-0.2, -0.15) is 0 Å². The Morgan fingerprint density at radius 3 is 2.92 bits per heavy atom. The molecule has 68 valence electrons. The standard InChI is InChI=1S/C10H13N3/c1-6(2)7-5-13-10-9(7)8(11)3-4-12-10/h3-6H,1-2H3,(H3,11,12,13). The number of rotatable bonds is 1. The predicted octanol–water partition coefficient (Wildman–Crippen LogP) is 2.27. The third-order valence-electron chi connectivity index (χ3n) is 2.26. The lowest BCUT2D eigenvalue weighted by atomic mass is 10.0. The highest BCUT2D eigenvalue weighted by atomic mass is 14.8. The fourth-order valence-corrected chi connectivity index (χ4v) is 1.56. The molecule has 2 heterocycles. The maximum Gasteiger partial charge on any atom is 0.139 e. The maximum atomic E-state index is 5.88. The van der Waals surface area contributed by atoms with Crippen LogP contribution in [0.1, 0.15) is 25.3 Å². The van der Waals surface area contributed by atoms with Crippen LogP contribution in [0.3, 0.4) is 0 Å². The molecule has 3 N–H and O–H groups in total. The van der Waals surface area contributed by atoms with Crippen molar-refractivity contribution in [2.75, 3.05) is 5.73 Å². The fourth-order valence-electron chi connectivity index (χ4n) is 1.56. The zero-order valence-electron chi connectivity index (χ0n) is 7.83. The second-order valence-corrected chi connectivity index (χ2v) is 3.52. The van der Waals surface area contributed by atoms with Gasteiger partial charge in [0, 0.05) is 23.5 Å². The van der Waals surface area contributed by atoms with Crippen LogP contribution >= 0.6 is 0 Å². The summed E-state index contributed by atoms with van der Waals surface area (Å²) in [6.45, 7) is 4.30. The Balaban J connectivity index is 2.79. The average molecular weight is 175 g/mol. The molecule has 2 aromatic heterocycles. The smallest absolute Gasteiger partial charge is 0.139 e. The summed E-state index contributed by atoms with van der Waals surface area (Å²) in [6, 6.07) is 1.84. The van der Waals surface area contributed by atoms with Gasteiger partial charge in [0.15, 0.2) is 0 Å². The first-order chi connectivity index (χ1) is 6.20. The number of hydrogen-bond acceptors (Lipinski definition) is 2. The van der Waals surface area contributed by atoms with Gasteiger partial charge in [-0.3, -0.25) is 0 Å². The van der Waals surface area contributed by atoms with Crippen LogP contribution in [0.15, 0.2) is 18.5 Å². The second kappa shape index (κ2) is 2.76. The van der Waals surface area contributed by atoms with E-state index in [9.17, 15) is 0 Å². The van der Waals surface area contributed by atoms with E-state index in [-0.39, 0.29) is 0 Å². The van der Waals surface area contributed by atoms with Gasteiger partial charge in [-0.05, 0) is 17.5 Å². The van der Waals surface area contributed by atoms with Crippen molar-refractivity contribution in [3.63, 3.8) is 0 Å². The third kappa shape index (κ3) is 1.16. The Bertz CT molecular complexity index is 429. The first-order valence-corrected chi connectivity index (χ1v) is 4.41. The van der Waals surface area contributed by atoms with Gasteiger partial charge in [-0.1, -0.05) is 13.8 Å². The lowest BCUT2D eigenvalue weighted by Crippen LogP contribution is -1.91. The SMILES string of the molecule is CC(C)c1c[nH]c2nccc(N)c12. The second-order valence-electron chi connectivity index (χ2n) is 3.52. The molecule has 0 aliphatic heterocycles. The molecule has 0 atom stereocenters. The lowest BCUT2D eigenvalue weighted by Gasteiger charge is -2.03. The summed E-state index contributed by atoms with van der Waals surface area (Å²) in [5, 5.41) is 1.07. The van der Waals surface area contributed by atoms with Gasteiger partial charge in [0.1, 0.15) is 5.65 Å². The number of nitrogen functional groups attached to an aromatic ring is 1. The number of fused-ring (bicyclic) bond motifs is 1. The van der Waals surface area contributed by atoms with Gasteiger partial charge in [-0.15, -0.1) is 0 Å². The highest BCUT2D eigenvalue weighted by Crippen LogP contribution is 2.27. The van der Waals surface area contributed by atoms with Crippen LogP contribution in [0.4, 0.5) is 5.69 Å². The summed E-state index contributed by atoms with van der Waals surface area (Å²) < 4.78 is 0. The lowest BCUT2D eigenvalue weighted by molar-refractivity contribution is 0.876. The van der Waals surface area contributed by atoms with Crippen LogP contribution < -0.4 is 5.73 Å². The van der Waals surface area contributed by atoms with Gasteiger partial charge in [0.05, 0.1) is 0 Å². The van der Waals surface area contributed by atoms with E-state index < -0.39 is 0 Å². The van der Waals surface area contributed by atoms with Crippen molar-refractivity contribution in [1.29, 1.82) is 0 Å². The molecule has 0 bridgehead atoms. The van der Waals surface area contributed by atoms with Crippen molar-refractivity contribution < 1.29 is 0 Å². The summed E-state index contributed by atoms with van der Waals surface area (Å²) in [6.07, 6.45) is 3.71. The van der Waals surface area contributed by atoms with Crippen LogP contribution in [0.5, 0.6) is 0 Å². The third-order valence-corrected chi connectivity index (χ3v) is 2.26. The van der Waals surface area contributed by atoms with Gasteiger partial charge in [0.25, 0.3) is 0 Å². The topological polar surface area (TPSA) is 54.7 Å².